The number of hydrogen-bond donors (Lipinski definition) is 2. The van der Waals surface area contributed by atoms with E-state index in [1.165, 1.54) is 23.8 Å². The van der Waals surface area contributed by atoms with Crippen molar-refractivity contribution >= 4 is 0 Å². The Labute approximate surface area is 106 Å². The van der Waals surface area contributed by atoms with Crippen LogP contribution in [0.2, 0.25) is 0 Å². The first-order chi connectivity index (χ1) is 8.69. The summed E-state index contributed by atoms with van der Waals surface area (Å²) < 4.78 is 5.54. The topological polar surface area (TPSA) is 49.7 Å². The molecule has 3 heteroatoms. The molecule has 0 spiro atoms. The second-order valence-electron chi connectivity index (χ2n) is 4.15. The van der Waals surface area contributed by atoms with Crippen LogP contribution in [0, 0.1) is 0 Å². The summed E-state index contributed by atoms with van der Waals surface area (Å²) in [6.45, 7) is 2.14. The van der Waals surface area contributed by atoms with Crippen LogP contribution in [0.5, 0.6) is 23.0 Å². The van der Waals surface area contributed by atoms with Gasteiger partial charge in [0.2, 0.25) is 0 Å². The van der Waals surface area contributed by atoms with Crippen LogP contribution in [-0.2, 0) is 6.42 Å². The first-order valence-electron chi connectivity index (χ1n) is 5.98. The van der Waals surface area contributed by atoms with E-state index < -0.39 is 0 Å². The number of ether oxygens (including phenoxy) is 1. The fourth-order valence-corrected chi connectivity index (χ4v) is 1.73. The quantitative estimate of drug-likeness (QED) is 0.859. The predicted octanol–water partition coefficient (Wildman–Crippen LogP) is 3.84. The lowest BCUT2D eigenvalue weighted by atomic mass is 10.1. The molecule has 0 aromatic heterocycles. The average Bonchev–Trinajstić information content (AvgIpc) is 2.35. The molecule has 0 amide bonds. The smallest absolute Gasteiger partial charge is 0.169 e. The second-order valence-corrected chi connectivity index (χ2v) is 4.15. The largest absolute Gasteiger partial charge is 0.508 e. The van der Waals surface area contributed by atoms with Crippen molar-refractivity contribution in [3.63, 3.8) is 0 Å². The summed E-state index contributed by atoms with van der Waals surface area (Å²) in [5.74, 6) is 0.928. The van der Waals surface area contributed by atoms with Crippen LogP contribution >= 0.6 is 0 Å². The van der Waals surface area contributed by atoms with Crippen LogP contribution in [0.15, 0.2) is 42.5 Å². The summed E-state index contributed by atoms with van der Waals surface area (Å²) in [5.41, 5.74) is 1.26. The van der Waals surface area contributed by atoms with E-state index >= 15 is 0 Å². The summed E-state index contributed by atoms with van der Waals surface area (Å²) in [6, 6.07) is 12.0. The lowest BCUT2D eigenvalue weighted by Crippen LogP contribution is -1.86. The summed E-state index contributed by atoms with van der Waals surface area (Å²) in [6.07, 6.45) is 2.16. The Morgan fingerprint density at radius 2 is 1.72 bits per heavy atom. The number of benzene rings is 2. The van der Waals surface area contributed by atoms with Crippen molar-refractivity contribution in [2.75, 3.05) is 0 Å². The lowest BCUT2D eigenvalue weighted by Gasteiger charge is -2.08. The molecule has 0 aliphatic carbocycles. The highest BCUT2D eigenvalue weighted by Crippen LogP contribution is 2.33. The van der Waals surface area contributed by atoms with Crippen LogP contribution in [-0.4, -0.2) is 10.2 Å². The Morgan fingerprint density at radius 3 is 2.33 bits per heavy atom. The number of phenolic OH excluding ortho intramolecular Hbond substituents is 2. The summed E-state index contributed by atoms with van der Waals surface area (Å²) in [4.78, 5) is 0. The minimum atomic E-state index is -0.0763. The number of phenols is 2. The first-order valence-corrected chi connectivity index (χ1v) is 5.98. The van der Waals surface area contributed by atoms with E-state index in [4.69, 9.17) is 4.74 Å². The lowest BCUT2D eigenvalue weighted by molar-refractivity contribution is 0.403. The van der Waals surface area contributed by atoms with Crippen LogP contribution in [0.4, 0.5) is 0 Å². The van der Waals surface area contributed by atoms with Gasteiger partial charge in [-0.15, -0.1) is 0 Å². The first kappa shape index (κ1) is 12.3. The molecule has 2 rings (SSSR count). The zero-order valence-electron chi connectivity index (χ0n) is 10.3. The van der Waals surface area contributed by atoms with Gasteiger partial charge in [0, 0.05) is 6.07 Å². The Bertz CT molecular complexity index is 518. The minimum Gasteiger partial charge on any atom is -0.508 e. The highest BCUT2D eigenvalue weighted by molar-refractivity contribution is 5.46. The molecule has 3 nitrogen and oxygen atoms in total. The number of aryl methyl sites for hydroxylation is 1. The molecule has 0 saturated heterocycles. The van der Waals surface area contributed by atoms with E-state index in [9.17, 15) is 10.2 Å². The van der Waals surface area contributed by atoms with Crippen molar-refractivity contribution in [3.05, 3.63) is 48.0 Å². The molecule has 18 heavy (non-hydrogen) atoms. The zero-order valence-corrected chi connectivity index (χ0v) is 10.3. The fraction of sp³-hybridized carbons (Fsp3) is 0.200. The molecule has 0 aliphatic rings. The molecule has 2 aromatic carbocycles. The molecule has 0 fully saturated rings. The SMILES string of the molecule is CCCc1ccc(Oc2ccc(O)cc2O)cc1. The molecule has 0 atom stereocenters. The van der Waals surface area contributed by atoms with Gasteiger partial charge in [-0.25, -0.2) is 0 Å². The maximum Gasteiger partial charge on any atom is 0.169 e. The Hall–Kier alpha value is -2.16. The fourth-order valence-electron chi connectivity index (χ4n) is 1.73. The number of hydrogen-bond acceptors (Lipinski definition) is 3. The van der Waals surface area contributed by atoms with E-state index in [1.54, 1.807) is 0 Å². The highest BCUT2D eigenvalue weighted by Gasteiger charge is 2.04. The van der Waals surface area contributed by atoms with Gasteiger partial charge in [0.25, 0.3) is 0 Å². The van der Waals surface area contributed by atoms with Crippen LogP contribution < -0.4 is 4.74 Å². The van der Waals surface area contributed by atoms with Crippen molar-refractivity contribution in [1.82, 2.24) is 0 Å². The Morgan fingerprint density at radius 1 is 1.00 bits per heavy atom. The predicted molar refractivity (Wildman–Crippen MR) is 70.3 cm³/mol. The minimum absolute atomic E-state index is 0.0122. The van der Waals surface area contributed by atoms with Crippen molar-refractivity contribution in [1.29, 1.82) is 0 Å². The molecule has 94 valence electrons. The average molecular weight is 244 g/mol. The monoisotopic (exact) mass is 244 g/mol. The Kier molecular flexibility index (Phi) is 3.72. The molecular formula is C15H16O3. The number of rotatable bonds is 4. The van der Waals surface area contributed by atoms with Gasteiger partial charge in [-0.05, 0) is 36.2 Å². The molecule has 0 radical (unpaired) electrons. The summed E-state index contributed by atoms with van der Waals surface area (Å²) >= 11 is 0. The summed E-state index contributed by atoms with van der Waals surface area (Å²) in [7, 11) is 0. The summed E-state index contributed by atoms with van der Waals surface area (Å²) in [5, 5.41) is 18.8. The molecule has 0 unspecified atom stereocenters. The molecule has 0 saturated carbocycles. The van der Waals surface area contributed by atoms with E-state index in [-0.39, 0.29) is 11.5 Å². The van der Waals surface area contributed by atoms with E-state index in [1.807, 2.05) is 24.3 Å². The molecule has 0 heterocycles. The zero-order chi connectivity index (χ0) is 13.0. The molecule has 2 N–H and O–H groups in total. The van der Waals surface area contributed by atoms with Crippen molar-refractivity contribution < 1.29 is 14.9 Å². The molecule has 0 aliphatic heterocycles. The Balaban J connectivity index is 2.13. The maximum absolute atomic E-state index is 9.61. The van der Waals surface area contributed by atoms with Crippen LogP contribution in [0.3, 0.4) is 0 Å². The van der Waals surface area contributed by atoms with Gasteiger partial charge in [0.15, 0.2) is 11.5 Å². The highest BCUT2D eigenvalue weighted by atomic mass is 16.5. The standard InChI is InChI=1S/C15H16O3/c1-2-3-11-4-7-13(8-5-11)18-15-9-6-12(16)10-14(15)17/h4-10,16-17H,2-3H2,1H3. The van der Waals surface area contributed by atoms with Gasteiger partial charge in [-0.3, -0.25) is 0 Å². The second kappa shape index (κ2) is 5.45. The van der Waals surface area contributed by atoms with Gasteiger partial charge < -0.3 is 14.9 Å². The van der Waals surface area contributed by atoms with Crippen LogP contribution in [0.1, 0.15) is 18.9 Å². The van der Waals surface area contributed by atoms with Gasteiger partial charge in [-0.2, -0.15) is 0 Å². The van der Waals surface area contributed by atoms with Crippen molar-refractivity contribution in [2.24, 2.45) is 0 Å². The van der Waals surface area contributed by atoms with E-state index in [0.717, 1.165) is 12.8 Å². The van der Waals surface area contributed by atoms with Crippen molar-refractivity contribution in [2.45, 2.75) is 19.8 Å². The molecule has 0 bridgehead atoms. The molecule has 2 aromatic rings. The van der Waals surface area contributed by atoms with Crippen LogP contribution in [0.25, 0.3) is 0 Å². The number of aromatic hydroxyl groups is 2. The van der Waals surface area contributed by atoms with Gasteiger partial charge in [-0.1, -0.05) is 25.5 Å². The molecular weight excluding hydrogens is 228 g/mol. The third kappa shape index (κ3) is 2.94. The van der Waals surface area contributed by atoms with Gasteiger partial charge >= 0.3 is 0 Å². The maximum atomic E-state index is 9.61. The van der Waals surface area contributed by atoms with Gasteiger partial charge in [0.1, 0.15) is 11.5 Å². The normalized spacial score (nSPS) is 10.3. The van der Waals surface area contributed by atoms with E-state index in [0.29, 0.717) is 11.5 Å². The third-order valence-corrected chi connectivity index (χ3v) is 2.63. The van der Waals surface area contributed by atoms with E-state index in [2.05, 4.69) is 6.92 Å². The van der Waals surface area contributed by atoms with Gasteiger partial charge in [0.05, 0.1) is 0 Å². The third-order valence-electron chi connectivity index (χ3n) is 2.63. The van der Waals surface area contributed by atoms with Crippen molar-refractivity contribution in [3.8, 4) is 23.0 Å².